The second-order valence-corrected chi connectivity index (χ2v) is 5.58. The predicted molar refractivity (Wildman–Crippen MR) is 81.1 cm³/mol. The smallest absolute Gasteiger partial charge is 0.227 e. The summed E-state index contributed by atoms with van der Waals surface area (Å²) in [6.07, 6.45) is 5.57. The van der Waals surface area contributed by atoms with E-state index < -0.39 is 5.41 Å². The summed E-state index contributed by atoms with van der Waals surface area (Å²) in [5.41, 5.74) is 7.50. The summed E-state index contributed by atoms with van der Waals surface area (Å²) in [5.74, 6) is 0.0759. The standard InChI is InChI=1S/C15H28N4O/c1-5-7-15(11-16,8-6-2)14(20)17-9-13-10-19(4)18-12(13)3/h10H,5-9,11,16H2,1-4H3,(H,17,20). The molecule has 5 nitrogen and oxygen atoms in total. The molecule has 0 bridgehead atoms. The van der Waals surface area contributed by atoms with Gasteiger partial charge in [0.05, 0.1) is 11.1 Å². The highest BCUT2D eigenvalue weighted by atomic mass is 16.2. The third kappa shape index (κ3) is 3.82. The third-order valence-corrected chi connectivity index (χ3v) is 3.88. The first-order valence-electron chi connectivity index (χ1n) is 7.46. The van der Waals surface area contributed by atoms with Crippen molar-refractivity contribution in [3.8, 4) is 0 Å². The first-order chi connectivity index (χ1) is 9.49. The Hall–Kier alpha value is -1.36. The lowest BCUT2D eigenvalue weighted by Gasteiger charge is -2.30. The highest BCUT2D eigenvalue weighted by molar-refractivity contribution is 5.82. The maximum atomic E-state index is 12.5. The van der Waals surface area contributed by atoms with Crippen LogP contribution in [0, 0.1) is 12.3 Å². The van der Waals surface area contributed by atoms with Crippen molar-refractivity contribution >= 4 is 5.91 Å². The van der Waals surface area contributed by atoms with Crippen molar-refractivity contribution in [1.29, 1.82) is 0 Å². The predicted octanol–water partition coefficient (Wildman–Crippen LogP) is 1.89. The van der Waals surface area contributed by atoms with E-state index in [9.17, 15) is 4.79 Å². The van der Waals surface area contributed by atoms with Crippen LogP contribution in [-0.2, 0) is 18.4 Å². The van der Waals surface area contributed by atoms with Gasteiger partial charge in [-0.1, -0.05) is 26.7 Å². The summed E-state index contributed by atoms with van der Waals surface area (Å²) in [6, 6.07) is 0. The van der Waals surface area contributed by atoms with Crippen LogP contribution in [0.25, 0.3) is 0 Å². The zero-order valence-electron chi connectivity index (χ0n) is 13.2. The SMILES string of the molecule is CCCC(CN)(CCC)C(=O)NCc1cn(C)nc1C. The van der Waals surface area contributed by atoms with Gasteiger partial charge in [-0.3, -0.25) is 9.48 Å². The fraction of sp³-hybridized carbons (Fsp3) is 0.733. The summed E-state index contributed by atoms with van der Waals surface area (Å²) in [7, 11) is 1.89. The van der Waals surface area contributed by atoms with E-state index in [1.54, 1.807) is 4.68 Å². The Morgan fingerprint density at radius 3 is 2.40 bits per heavy atom. The van der Waals surface area contributed by atoms with E-state index in [0.29, 0.717) is 13.1 Å². The Kier molecular flexibility index (Phi) is 6.20. The molecule has 5 heteroatoms. The molecule has 1 rings (SSSR count). The lowest BCUT2D eigenvalue weighted by Crippen LogP contribution is -2.45. The van der Waals surface area contributed by atoms with Crippen LogP contribution in [0.1, 0.15) is 50.8 Å². The minimum atomic E-state index is -0.417. The molecule has 0 unspecified atom stereocenters. The summed E-state index contributed by atoms with van der Waals surface area (Å²) in [5, 5.41) is 7.33. The molecule has 114 valence electrons. The maximum absolute atomic E-state index is 12.5. The summed E-state index contributed by atoms with van der Waals surface area (Å²) >= 11 is 0. The van der Waals surface area contributed by atoms with Crippen molar-refractivity contribution in [2.75, 3.05) is 6.54 Å². The molecule has 0 saturated heterocycles. The lowest BCUT2D eigenvalue weighted by atomic mass is 9.78. The Labute approximate surface area is 121 Å². The van der Waals surface area contributed by atoms with E-state index in [1.807, 2.05) is 20.2 Å². The van der Waals surface area contributed by atoms with Gasteiger partial charge in [-0.05, 0) is 19.8 Å². The largest absolute Gasteiger partial charge is 0.351 e. The summed E-state index contributed by atoms with van der Waals surface area (Å²) < 4.78 is 1.77. The van der Waals surface area contributed by atoms with Gasteiger partial charge in [0.1, 0.15) is 0 Å². The van der Waals surface area contributed by atoms with Crippen molar-refractivity contribution in [3.63, 3.8) is 0 Å². The van der Waals surface area contributed by atoms with Crippen molar-refractivity contribution < 1.29 is 4.79 Å². The molecule has 1 amide bonds. The van der Waals surface area contributed by atoms with Gasteiger partial charge in [0, 0.05) is 31.9 Å². The molecule has 1 aromatic rings. The number of carbonyl (C=O) groups excluding carboxylic acids is 1. The van der Waals surface area contributed by atoms with Crippen LogP contribution in [0.5, 0.6) is 0 Å². The van der Waals surface area contributed by atoms with E-state index in [4.69, 9.17) is 5.73 Å². The van der Waals surface area contributed by atoms with Crippen molar-refractivity contribution in [1.82, 2.24) is 15.1 Å². The monoisotopic (exact) mass is 280 g/mol. The van der Waals surface area contributed by atoms with Crippen molar-refractivity contribution in [2.24, 2.45) is 18.2 Å². The zero-order valence-corrected chi connectivity index (χ0v) is 13.2. The second kappa shape index (κ2) is 7.43. The number of rotatable bonds is 8. The van der Waals surface area contributed by atoms with Crippen LogP contribution in [0.4, 0.5) is 0 Å². The first kappa shape index (κ1) is 16.7. The van der Waals surface area contributed by atoms with Gasteiger partial charge in [-0.2, -0.15) is 5.10 Å². The Bertz CT molecular complexity index is 433. The summed E-state index contributed by atoms with van der Waals surface area (Å²) in [4.78, 5) is 12.5. The number of aryl methyl sites for hydroxylation is 2. The van der Waals surface area contributed by atoms with Gasteiger partial charge in [0.2, 0.25) is 5.91 Å². The first-order valence-corrected chi connectivity index (χ1v) is 7.46. The Morgan fingerprint density at radius 1 is 1.40 bits per heavy atom. The molecule has 0 aliphatic heterocycles. The van der Waals surface area contributed by atoms with Crippen LogP contribution >= 0.6 is 0 Å². The number of hydrogen-bond acceptors (Lipinski definition) is 3. The van der Waals surface area contributed by atoms with E-state index in [1.165, 1.54) is 0 Å². The normalized spacial score (nSPS) is 11.7. The molecule has 0 saturated carbocycles. The highest BCUT2D eigenvalue weighted by Gasteiger charge is 2.35. The number of amides is 1. The van der Waals surface area contributed by atoms with Gasteiger partial charge in [0.15, 0.2) is 0 Å². The average Bonchev–Trinajstić information content (AvgIpc) is 2.73. The van der Waals surface area contributed by atoms with E-state index in [-0.39, 0.29) is 5.91 Å². The van der Waals surface area contributed by atoms with Gasteiger partial charge in [0.25, 0.3) is 0 Å². The van der Waals surface area contributed by atoms with Gasteiger partial charge in [-0.25, -0.2) is 0 Å². The van der Waals surface area contributed by atoms with E-state index in [2.05, 4.69) is 24.3 Å². The second-order valence-electron chi connectivity index (χ2n) is 5.58. The molecule has 3 N–H and O–H groups in total. The number of hydrogen-bond donors (Lipinski definition) is 2. The van der Waals surface area contributed by atoms with E-state index in [0.717, 1.165) is 36.9 Å². The fourth-order valence-electron chi connectivity index (χ4n) is 2.79. The summed E-state index contributed by atoms with van der Waals surface area (Å²) in [6.45, 7) is 7.08. The Morgan fingerprint density at radius 2 is 2.00 bits per heavy atom. The number of nitrogens with two attached hydrogens (primary N) is 1. The van der Waals surface area contributed by atoms with Gasteiger partial charge >= 0.3 is 0 Å². The average molecular weight is 280 g/mol. The minimum Gasteiger partial charge on any atom is -0.351 e. The number of nitrogens with zero attached hydrogens (tertiary/aromatic N) is 2. The van der Waals surface area contributed by atoms with Crippen LogP contribution in [0.3, 0.4) is 0 Å². The lowest BCUT2D eigenvalue weighted by molar-refractivity contribution is -0.131. The molecule has 20 heavy (non-hydrogen) atoms. The maximum Gasteiger partial charge on any atom is 0.227 e. The highest BCUT2D eigenvalue weighted by Crippen LogP contribution is 2.29. The van der Waals surface area contributed by atoms with Gasteiger partial charge < -0.3 is 11.1 Å². The molecule has 0 radical (unpaired) electrons. The number of carbonyl (C=O) groups is 1. The topological polar surface area (TPSA) is 72.9 Å². The van der Waals surface area contributed by atoms with Crippen molar-refractivity contribution in [2.45, 2.75) is 53.0 Å². The molecule has 0 atom stereocenters. The molecule has 1 heterocycles. The molecule has 0 spiro atoms. The quantitative estimate of drug-likeness (QED) is 0.763. The molecule has 0 aliphatic rings. The molecule has 0 fully saturated rings. The zero-order chi connectivity index (χ0) is 15.2. The third-order valence-electron chi connectivity index (χ3n) is 3.88. The molecule has 0 aromatic carbocycles. The van der Waals surface area contributed by atoms with Crippen LogP contribution in [-0.4, -0.2) is 22.2 Å². The van der Waals surface area contributed by atoms with Crippen LogP contribution in [0.15, 0.2) is 6.20 Å². The fourth-order valence-corrected chi connectivity index (χ4v) is 2.79. The molecular weight excluding hydrogens is 252 g/mol. The Balaban J connectivity index is 2.73. The molecule has 1 aromatic heterocycles. The molecular formula is C15H28N4O. The van der Waals surface area contributed by atoms with Crippen LogP contribution < -0.4 is 11.1 Å². The van der Waals surface area contributed by atoms with E-state index >= 15 is 0 Å². The number of nitrogens with one attached hydrogen (secondary N) is 1. The van der Waals surface area contributed by atoms with Crippen molar-refractivity contribution in [3.05, 3.63) is 17.5 Å². The van der Waals surface area contributed by atoms with Gasteiger partial charge in [-0.15, -0.1) is 0 Å². The van der Waals surface area contributed by atoms with Crippen LogP contribution in [0.2, 0.25) is 0 Å². The number of aromatic nitrogens is 2. The molecule has 0 aliphatic carbocycles. The minimum absolute atomic E-state index is 0.0759.